The van der Waals surface area contributed by atoms with Crippen LogP contribution in [-0.2, 0) is 4.79 Å². The van der Waals surface area contributed by atoms with Gasteiger partial charge in [-0.25, -0.2) is 0 Å². The minimum Gasteiger partial charge on any atom is -0.299 e. The van der Waals surface area contributed by atoms with Crippen molar-refractivity contribution in [2.45, 2.75) is 46.5 Å². The lowest BCUT2D eigenvalue weighted by atomic mass is 9.91. The van der Waals surface area contributed by atoms with E-state index in [4.69, 9.17) is 11.6 Å². The molecular formula is C14H21ClO. The van der Waals surface area contributed by atoms with Crippen molar-refractivity contribution in [3.05, 3.63) is 34.9 Å². The van der Waals surface area contributed by atoms with Crippen LogP contribution in [0.5, 0.6) is 0 Å². The highest BCUT2D eigenvalue weighted by Gasteiger charge is 2.14. The number of carbonyl (C=O) groups is 1. The van der Waals surface area contributed by atoms with Crippen LogP contribution in [0.1, 0.15) is 52.0 Å². The standard InChI is InChI=1S/C12H15ClO.C2H6/c1-3-4-12(9(2)14)10-5-7-11(13)8-6-10;1-2/h5-8,12H,3-4H2,1-2H3;1-2H3. The first-order valence-corrected chi connectivity index (χ1v) is 6.29. The molecule has 0 fully saturated rings. The molecular weight excluding hydrogens is 220 g/mol. The predicted molar refractivity (Wildman–Crippen MR) is 71.1 cm³/mol. The number of hydrogen-bond donors (Lipinski definition) is 0. The second kappa shape index (κ2) is 8.35. The summed E-state index contributed by atoms with van der Waals surface area (Å²) in [6, 6.07) is 7.54. The molecule has 0 N–H and O–H groups in total. The number of benzene rings is 1. The van der Waals surface area contributed by atoms with Crippen molar-refractivity contribution in [2.24, 2.45) is 0 Å². The first-order chi connectivity index (χ1) is 7.65. The van der Waals surface area contributed by atoms with Crippen LogP contribution in [0.25, 0.3) is 0 Å². The molecule has 1 nitrogen and oxygen atoms in total. The van der Waals surface area contributed by atoms with Crippen molar-refractivity contribution in [1.82, 2.24) is 0 Å². The minimum atomic E-state index is 0.0391. The highest BCUT2D eigenvalue weighted by molar-refractivity contribution is 6.30. The van der Waals surface area contributed by atoms with Crippen molar-refractivity contribution >= 4 is 17.4 Å². The minimum absolute atomic E-state index is 0.0391. The summed E-state index contributed by atoms with van der Waals surface area (Å²) in [6.45, 7) is 7.74. The lowest BCUT2D eigenvalue weighted by molar-refractivity contribution is -0.118. The molecule has 1 unspecified atom stereocenters. The molecule has 2 heteroatoms. The van der Waals surface area contributed by atoms with E-state index in [0.29, 0.717) is 5.02 Å². The van der Waals surface area contributed by atoms with Gasteiger partial charge in [0.25, 0.3) is 0 Å². The van der Waals surface area contributed by atoms with Gasteiger partial charge in [-0.3, -0.25) is 4.79 Å². The number of hydrogen-bond acceptors (Lipinski definition) is 1. The summed E-state index contributed by atoms with van der Waals surface area (Å²) in [6.07, 6.45) is 1.93. The molecule has 0 bridgehead atoms. The van der Waals surface area contributed by atoms with Crippen molar-refractivity contribution < 1.29 is 4.79 Å². The Hall–Kier alpha value is -0.820. The third kappa shape index (κ3) is 4.80. The molecule has 0 aromatic heterocycles. The van der Waals surface area contributed by atoms with Gasteiger partial charge in [-0.1, -0.05) is 50.9 Å². The van der Waals surface area contributed by atoms with Crippen LogP contribution >= 0.6 is 11.6 Å². The van der Waals surface area contributed by atoms with E-state index >= 15 is 0 Å². The van der Waals surface area contributed by atoms with E-state index < -0.39 is 0 Å². The molecule has 0 saturated heterocycles. The molecule has 1 aromatic carbocycles. The Labute approximate surface area is 104 Å². The second-order valence-corrected chi connectivity index (χ2v) is 3.94. The lowest BCUT2D eigenvalue weighted by Crippen LogP contribution is -2.08. The predicted octanol–water partition coefficient (Wildman–Crippen LogP) is 4.84. The number of Topliss-reactive ketones (excluding diaryl/α,β-unsaturated/α-hetero) is 1. The average Bonchev–Trinajstić information content (AvgIpc) is 2.30. The zero-order chi connectivity index (χ0) is 12.6. The van der Waals surface area contributed by atoms with Crippen molar-refractivity contribution in [3.8, 4) is 0 Å². The van der Waals surface area contributed by atoms with E-state index in [9.17, 15) is 4.79 Å². The maximum Gasteiger partial charge on any atom is 0.137 e. The normalized spacial score (nSPS) is 11.3. The molecule has 90 valence electrons. The Morgan fingerprint density at radius 2 is 1.75 bits per heavy atom. The van der Waals surface area contributed by atoms with E-state index in [-0.39, 0.29) is 11.7 Å². The molecule has 0 heterocycles. The first-order valence-electron chi connectivity index (χ1n) is 5.91. The fraction of sp³-hybridized carbons (Fsp3) is 0.500. The third-order valence-electron chi connectivity index (χ3n) is 2.34. The number of carbonyl (C=O) groups excluding carboxylic acids is 1. The Bertz CT molecular complexity index is 303. The van der Waals surface area contributed by atoms with Gasteiger partial charge in [0.2, 0.25) is 0 Å². The molecule has 0 spiro atoms. The monoisotopic (exact) mass is 240 g/mol. The molecule has 0 aliphatic heterocycles. The van der Waals surface area contributed by atoms with Crippen molar-refractivity contribution in [1.29, 1.82) is 0 Å². The third-order valence-corrected chi connectivity index (χ3v) is 2.59. The smallest absolute Gasteiger partial charge is 0.137 e. The summed E-state index contributed by atoms with van der Waals surface area (Å²) < 4.78 is 0. The van der Waals surface area contributed by atoms with Gasteiger partial charge < -0.3 is 0 Å². The summed E-state index contributed by atoms with van der Waals surface area (Å²) in [5, 5.41) is 0.715. The first kappa shape index (κ1) is 15.2. The van der Waals surface area contributed by atoms with Crippen molar-refractivity contribution in [2.75, 3.05) is 0 Å². The molecule has 1 atom stereocenters. The van der Waals surface area contributed by atoms with Crippen LogP contribution in [0.2, 0.25) is 5.02 Å². The molecule has 0 amide bonds. The van der Waals surface area contributed by atoms with E-state index in [1.807, 2.05) is 38.1 Å². The molecule has 1 rings (SSSR count). The summed E-state index contributed by atoms with van der Waals surface area (Å²) in [5.74, 6) is 0.270. The van der Waals surface area contributed by atoms with E-state index in [0.717, 1.165) is 18.4 Å². The highest BCUT2D eigenvalue weighted by atomic mass is 35.5. The molecule has 0 aliphatic carbocycles. The SMILES string of the molecule is CC.CCCC(C(C)=O)c1ccc(Cl)cc1. The van der Waals surface area contributed by atoms with E-state index in [1.54, 1.807) is 6.92 Å². The maximum absolute atomic E-state index is 11.4. The van der Waals surface area contributed by atoms with Gasteiger partial charge in [0, 0.05) is 10.9 Å². The van der Waals surface area contributed by atoms with Crippen molar-refractivity contribution in [3.63, 3.8) is 0 Å². The van der Waals surface area contributed by atoms with Gasteiger partial charge in [-0.05, 0) is 31.0 Å². The van der Waals surface area contributed by atoms with Crippen LogP contribution in [0.15, 0.2) is 24.3 Å². The van der Waals surface area contributed by atoms with Crippen LogP contribution in [-0.4, -0.2) is 5.78 Å². The zero-order valence-electron chi connectivity index (χ0n) is 10.6. The Kier molecular flexibility index (Phi) is 7.92. The zero-order valence-corrected chi connectivity index (χ0v) is 11.3. The van der Waals surface area contributed by atoms with Crippen LogP contribution in [0.4, 0.5) is 0 Å². The second-order valence-electron chi connectivity index (χ2n) is 3.50. The summed E-state index contributed by atoms with van der Waals surface area (Å²) in [5.41, 5.74) is 1.07. The molecule has 0 radical (unpaired) electrons. The lowest BCUT2D eigenvalue weighted by Gasteiger charge is -2.12. The Morgan fingerprint density at radius 3 is 2.12 bits per heavy atom. The fourth-order valence-electron chi connectivity index (χ4n) is 1.59. The number of rotatable bonds is 4. The van der Waals surface area contributed by atoms with Gasteiger partial charge in [0.1, 0.15) is 5.78 Å². The van der Waals surface area contributed by atoms with Crippen LogP contribution in [0, 0.1) is 0 Å². The maximum atomic E-state index is 11.4. The molecule has 16 heavy (non-hydrogen) atoms. The summed E-state index contributed by atoms with van der Waals surface area (Å²) in [7, 11) is 0. The largest absolute Gasteiger partial charge is 0.299 e. The summed E-state index contributed by atoms with van der Waals surface area (Å²) >= 11 is 5.79. The number of halogens is 1. The van der Waals surface area contributed by atoms with Gasteiger partial charge in [-0.2, -0.15) is 0 Å². The van der Waals surface area contributed by atoms with E-state index in [2.05, 4.69) is 6.92 Å². The summed E-state index contributed by atoms with van der Waals surface area (Å²) in [4.78, 5) is 11.4. The van der Waals surface area contributed by atoms with Gasteiger partial charge in [-0.15, -0.1) is 0 Å². The van der Waals surface area contributed by atoms with Gasteiger partial charge >= 0.3 is 0 Å². The quantitative estimate of drug-likeness (QED) is 0.736. The Balaban J connectivity index is 0.00000106. The molecule has 0 aliphatic rings. The Morgan fingerprint density at radius 1 is 1.25 bits per heavy atom. The fourth-order valence-corrected chi connectivity index (χ4v) is 1.71. The number of ketones is 1. The van der Waals surface area contributed by atoms with Gasteiger partial charge in [0.05, 0.1) is 0 Å². The topological polar surface area (TPSA) is 17.1 Å². The molecule has 1 aromatic rings. The average molecular weight is 241 g/mol. The van der Waals surface area contributed by atoms with Crippen LogP contribution < -0.4 is 0 Å². The van der Waals surface area contributed by atoms with Crippen LogP contribution in [0.3, 0.4) is 0 Å². The van der Waals surface area contributed by atoms with E-state index in [1.165, 1.54) is 0 Å². The highest BCUT2D eigenvalue weighted by Crippen LogP contribution is 2.23. The van der Waals surface area contributed by atoms with Gasteiger partial charge in [0.15, 0.2) is 0 Å². The molecule has 0 saturated carbocycles.